The highest BCUT2D eigenvalue weighted by Crippen LogP contribution is 2.11. The number of carbonyl (C=O) groups is 2. The topological polar surface area (TPSA) is 91.9 Å². The molecule has 1 aliphatic rings. The largest absolute Gasteiger partial charge is 0.465 e. The number of nitrogens with one attached hydrogen (secondary N) is 3. The summed E-state index contributed by atoms with van der Waals surface area (Å²) in [4.78, 5) is 27.5. The second-order valence-electron chi connectivity index (χ2n) is 7.67. The summed E-state index contributed by atoms with van der Waals surface area (Å²) in [6.07, 6.45) is 1.75. The highest BCUT2D eigenvalue weighted by atomic mass is 16.5. The van der Waals surface area contributed by atoms with Crippen LogP contribution in [0.2, 0.25) is 0 Å². The Labute approximate surface area is 186 Å². The summed E-state index contributed by atoms with van der Waals surface area (Å²) in [7, 11) is 0. The summed E-state index contributed by atoms with van der Waals surface area (Å²) in [5.41, 5.74) is 0.922. The van der Waals surface area contributed by atoms with E-state index < -0.39 is 12.0 Å². The molecule has 3 N–H and O–H groups in total. The summed E-state index contributed by atoms with van der Waals surface area (Å²) >= 11 is 0. The van der Waals surface area contributed by atoms with Crippen LogP contribution in [0.3, 0.4) is 0 Å². The summed E-state index contributed by atoms with van der Waals surface area (Å²) in [6, 6.07) is 8.90. The van der Waals surface area contributed by atoms with E-state index in [0.717, 1.165) is 57.7 Å². The summed E-state index contributed by atoms with van der Waals surface area (Å²) in [5.74, 6) is -0.739. The van der Waals surface area contributed by atoms with Gasteiger partial charge in [0, 0.05) is 52.4 Å². The van der Waals surface area contributed by atoms with Crippen LogP contribution in [0.25, 0.3) is 0 Å². The number of carbonyl (C=O) groups excluding carboxylic acids is 2. The third-order valence-corrected chi connectivity index (χ3v) is 5.17. The minimum atomic E-state index is -0.648. The van der Waals surface area contributed by atoms with Gasteiger partial charge in [0.15, 0.2) is 0 Å². The summed E-state index contributed by atoms with van der Waals surface area (Å²) in [6.45, 7) is 8.92. The molecule has 1 atom stereocenters. The van der Waals surface area contributed by atoms with Gasteiger partial charge in [0.2, 0.25) is 0 Å². The molecule has 2 rings (SSSR count). The van der Waals surface area contributed by atoms with Gasteiger partial charge in [0.05, 0.1) is 13.0 Å². The zero-order chi connectivity index (χ0) is 22.2. The minimum absolute atomic E-state index is 0.0145. The van der Waals surface area contributed by atoms with Crippen molar-refractivity contribution in [3.8, 4) is 0 Å². The lowest BCUT2D eigenvalue weighted by Gasteiger charge is -2.30. The first kappa shape index (κ1) is 25.3. The molecule has 0 aliphatic carbocycles. The normalized spacial score (nSPS) is 17.7. The Balaban J connectivity index is 1.99. The number of nitrogens with zero attached hydrogens (tertiary/aromatic N) is 1. The number of benzene rings is 1. The van der Waals surface area contributed by atoms with Crippen LogP contribution in [0, 0.1) is 0 Å². The van der Waals surface area contributed by atoms with Crippen molar-refractivity contribution >= 4 is 11.9 Å². The molecule has 0 amide bonds. The van der Waals surface area contributed by atoms with E-state index in [0.29, 0.717) is 19.7 Å². The molecule has 0 aromatic heterocycles. The van der Waals surface area contributed by atoms with Gasteiger partial charge in [-0.3, -0.25) is 14.5 Å². The standard InChI is InChI=1S/C23H38N4O4/c1-2-3-17-30-23(29)21(18-22(28)31-19-20-7-5-4-6-8-20)27-15-13-25-11-9-24-10-12-26-14-16-27/h4-8,21,24-26H,2-3,9-19H2,1H3. The van der Waals surface area contributed by atoms with E-state index in [1.807, 2.05) is 35.2 Å². The first-order chi connectivity index (χ1) is 15.2. The molecule has 1 aliphatic heterocycles. The van der Waals surface area contributed by atoms with E-state index >= 15 is 0 Å². The smallest absolute Gasteiger partial charge is 0.323 e. The average Bonchev–Trinajstić information content (AvgIpc) is 2.77. The molecule has 0 spiro atoms. The zero-order valence-corrected chi connectivity index (χ0v) is 18.7. The van der Waals surface area contributed by atoms with E-state index in [9.17, 15) is 9.59 Å². The number of esters is 2. The molecule has 8 heteroatoms. The van der Waals surface area contributed by atoms with E-state index in [1.165, 1.54) is 0 Å². The Bertz CT molecular complexity index is 617. The molecule has 1 aromatic rings. The third kappa shape index (κ3) is 10.7. The predicted molar refractivity (Wildman–Crippen MR) is 121 cm³/mol. The number of unbranched alkanes of at least 4 members (excludes halogenated alkanes) is 1. The molecule has 1 unspecified atom stereocenters. The van der Waals surface area contributed by atoms with E-state index in [4.69, 9.17) is 9.47 Å². The van der Waals surface area contributed by atoms with Crippen molar-refractivity contribution < 1.29 is 19.1 Å². The van der Waals surface area contributed by atoms with Crippen LogP contribution in [0.5, 0.6) is 0 Å². The monoisotopic (exact) mass is 434 g/mol. The molecule has 8 nitrogen and oxygen atoms in total. The lowest BCUT2D eigenvalue weighted by molar-refractivity contribution is -0.157. The number of hydrogen-bond donors (Lipinski definition) is 3. The Hall–Kier alpha value is -2.00. The molecule has 1 saturated heterocycles. The molecule has 0 radical (unpaired) electrons. The van der Waals surface area contributed by atoms with Crippen LogP contribution < -0.4 is 16.0 Å². The van der Waals surface area contributed by atoms with E-state index in [-0.39, 0.29) is 19.0 Å². The molecule has 0 bridgehead atoms. The fourth-order valence-electron chi connectivity index (χ4n) is 3.33. The molecule has 174 valence electrons. The SMILES string of the molecule is CCCCOC(=O)C(CC(=O)OCc1ccccc1)N1CCNCCNCCNCC1. The number of hydrogen-bond acceptors (Lipinski definition) is 8. The van der Waals surface area contributed by atoms with Crippen LogP contribution in [0.4, 0.5) is 0 Å². The molecule has 1 heterocycles. The van der Waals surface area contributed by atoms with Gasteiger partial charge < -0.3 is 25.4 Å². The molecule has 31 heavy (non-hydrogen) atoms. The Morgan fingerprint density at radius 1 is 0.935 bits per heavy atom. The average molecular weight is 435 g/mol. The van der Waals surface area contributed by atoms with Crippen LogP contribution in [-0.4, -0.2) is 81.8 Å². The third-order valence-electron chi connectivity index (χ3n) is 5.17. The fraction of sp³-hybridized carbons (Fsp3) is 0.652. The Morgan fingerprint density at radius 2 is 1.55 bits per heavy atom. The molecule has 1 fully saturated rings. The van der Waals surface area contributed by atoms with Gasteiger partial charge in [-0.2, -0.15) is 0 Å². The van der Waals surface area contributed by atoms with Crippen LogP contribution in [0.15, 0.2) is 30.3 Å². The number of ether oxygens (including phenoxy) is 2. The second-order valence-corrected chi connectivity index (χ2v) is 7.67. The van der Waals surface area contributed by atoms with Crippen molar-refractivity contribution in [2.75, 3.05) is 59.0 Å². The second kappa shape index (κ2) is 15.8. The lowest BCUT2D eigenvalue weighted by Crippen LogP contribution is -2.50. The molecule has 1 aromatic carbocycles. The van der Waals surface area contributed by atoms with Gasteiger partial charge in [0.25, 0.3) is 0 Å². The summed E-state index contributed by atoms with van der Waals surface area (Å²) in [5, 5.41) is 10.1. The maximum absolute atomic E-state index is 12.9. The van der Waals surface area contributed by atoms with Crippen molar-refractivity contribution in [1.82, 2.24) is 20.9 Å². The Kier molecular flexibility index (Phi) is 12.8. The molecular formula is C23H38N4O4. The van der Waals surface area contributed by atoms with Gasteiger partial charge in [-0.25, -0.2) is 0 Å². The maximum Gasteiger partial charge on any atom is 0.323 e. The van der Waals surface area contributed by atoms with E-state index in [1.54, 1.807) is 0 Å². The van der Waals surface area contributed by atoms with Crippen molar-refractivity contribution in [3.05, 3.63) is 35.9 Å². The van der Waals surface area contributed by atoms with Gasteiger partial charge in [-0.15, -0.1) is 0 Å². The minimum Gasteiger partial charge on any atom is -0.465 e. The van der Waals surface area contributed by atoms with Gasteiger partial charge in [0.1, 0.15) is 12.6 Å². The van der Waals surface area contributed by atoms with Gasteiger partial charge in [-0.1, -0.05) is 43.7 Å². The number of rotatable bonds is 9. The van der Waals surface area contributed by atoms with Crippen LogP contribution in [0.1, 0.15) is 31.7 Å². The highest BCUT2D eigenvalue weighted by molar-refractivity contribution is 5.82. The van der Waals surface area contributed by atoms with Crippen LogP contribution in [-0.2, 0) is 25.7 Å². The first-order valence-electron chi connectivity index (χ1n) is 11.4. The molecule has 0 saturated carbocycles. The maximum atomic E-state index is 12.9. The highest BCUT2D eigenvalue weighted by Gasteiger charge is 2.30. The van der Waals surface area contributed by atoms with Gasteiger partial charge in [-0.05, 0) is 12.0 Å². The van der Waals surface area contributed by atoms with Crippen molar-refractivity contribution in [3.63, 3.8) is 0 Å². The Morgan fingerprint density at radius 3 is 2.16 bits per heavy atom. The zero-order valence-electron chi connectivity index (χ0n) is 18.7. The van der Waals surface area contributed by atoms with Crippen molar-refractivity contribution in [1.29, 1.82) is 0 Å². The summed E-state index contributed by atoms with van der Waals surface area (Å²) < 4.78 is 10.9. The quantitative estimate of drug-likeness (QED) is 0.390. The van der Waals surface area contributed by atoms with Gasteiger partial charge >= 0.3 is 11.9 Å². The molecular weight excluding hydrogens is 396 g/mol. The van der Waals surface area contributed by atoms with Crippen molar-refractivity contribution in [2.45, 2.75) is 38.8 Å². The van der Waals surface area contributed by atoms with Crippen molar-refractivity contribution in [2.24, 2.45) is 0 Å². The fourth-order valence-corrected chi connectivity index (χ4v) is 3.33. The van der Waals surface area contributed by atoms with E-state index in [2.05, 4.69) is 22.9 Å². The predicted octanol–water partition coefficient (Wildman–Crippen LogP) is 0.916. The van der Waals surface area contributed by atoms with Crippen LogP contribution >= 0.6 is 0 Å². The lowest BCUT2D eigenvalue weighted by atomic mass is 10.1. The first-order valence-corrected chi connectivity index (χ1v) is 11.4.